The molecular formula is C15H33N3O. The second kappa shape index (κ2) is 9.70. The molecule has 1 fully saturated rings. The van der Waals surface area contributed by atoms with Crippen LogP contribution in [-0.4, -0.2) is 75.9 Å². The van der Waals surface area contributed by atoms with Crippen molar-refractivity contribution in [2.75, 3.05) is 60.0 Å². The molecule has 0 aromatic heterocycles. The number of ether oxygens (including phenoxy) is 1. The van der Waals surface area contributed by atoms with Crippen LogP contribution >= 0.6 is 0 Å². The number of hydrogen-bond acceptors (Lipinski definition) is 4. The average Bonchev–Trinajstić information content (AvgIpc) is 2.89. The maximum absolute atomic E-state index is 5.56. The molecule has 114 valence electrons. The number of nitrogens with one attached hydrogen (secondary N) is 1. The fourth-order valence-corrected chi connectivity index (χ4v) is 2.74. The smallest absolute Gasteiger partial charge is 0.0510 e. The first kappa shape index (κ1) is 16.9. The van der Waals surface area contributed by atoms with E-state index in [1.54, 1.807) is 0 Å². The molecule has 4 nitrogen and oxygen atoms in total. The van der Waals surface area contributed by atoms with Crippen LogP contribution in [0.3, 0.4) is 0 Å². The lowest BCUT2D eigenvalue weighted by molar-refractivity contribution is 0.157. The number of hydrogen-bond donors (Lipinski definition) is 1. The molecule has 0 spiro atoms. The first-order valence-electron chi connectivity index (χ1n) is 7.85. The van der Waals surface area contributed by atoms with Crippen molar-refractivity contribution < 1.29 is 4.74 Å². The summed E-state index contributed by atoms with van der Waals surface area (Å²) < 4.78 is 5.56. The van der Waals surface area contributed by atoms with Crippen molar-refractivity contribution in [3.8, 4) is 0 Å². The quantitative estimate of drug-likeness (QED) is 0.648. The van der Waals surface area contributed by atoms with Crippen LogP contribution < -0.4 is 5.32 Å². The Hall–Kier alpha value is -0.160. The van der Waals surface area contributed by atoms with Gasteiger partial charge in [-0.2, -0.15) is 0 Å². The Kier molecular flexibility index (Phi) is 8.62. The summed E-state index contributed by atoms with van der Waals surface area (Å²) in [5, 5.41) is 3.67. The molecule has 0 aromatic rings. The summed E-state index contributed by atoms with van der Waals surface area (Å²) in [6.07, 6.45) is 2.44. The van der Waals surface area contributed by atoms with Gasteiger partial charge >= 0.3 is 0 Å². The van der Waals surface area contributed by atoms with E-state index in [2.05, 4.69) is 43.1 Å². The normalized spacial score (nSPS) is 21.5. The standard InChI is InChI=1S/C15H33N3O/c1-5-8-18(10-9-17(3)4)12-15(16-6-2)14-7-11-19-13-14/h14-16H,5-13H2,1-4H3. The van der Waals surface area contributed by atoms with Crippen molar-refractivity contribution in [3.63, 3.8) is 0 Å². The lowest BCUT2D eigenvalue weighted by atomic mass is 9.98. The zero-order valence-corrected chi connectivity index (χ0v) is 13.3. The molecule has 1 rings (SSSR count). The molecule has 1 N–H and O–H groups in total. The van der Waals surface area contributed by atoms with Gasteiger partial charge in [-0.3, -0.25) is 0 Å². The van der Waals surface area contributed by atoms with Crippen molar-refractivity contribution in [2.24, 2.45) is 5.92 Å². The molecule has 2 atom stereocenters. The summed E-state index contributed by atoms with van der Waals surface area (Å²) in [5.74, 6) is 0.693. The minimum Gasteiger partial charge on any atom is -0.381 e. The van der Waals surface area contributed by atoms with E-state index >= 15 is 0 Å². The van der Waals surface area contributed by atoms with Crippen LogP contribution in [0.5, 0.6) is 0 Å². The van der Waals surface area contributed by atoms with E-state index in [4.69, 9.17) is 4.74 Å². The van der Waals surface area contributed by atoms with E-state index < -0.39 is 0 Å². The second-order valence-electron chi connectivity index (χ2n) is 5.89. The van der Waals surface area contributed by atoms with Gasteiger partial charge in [0.1, 0.15) is 0 Å². The van der Waals surface area contributed by atoms with Crippen LogP contribution in [0, 0.1) is 5.92 Å². The molecule has 0 aliphatic carbocycles. The fraction of sp³-hybridized carbons (Fsp3) is 1.00. The molecule has 0 amide bonds. The topological polar surface area (TPSA) is 27.7 Å². The Morgan fingerprint density at radius 1 is 1.21 bits per heavy atom. The summed E-state index contributed by atoms with van der Waals surface area (Å²) in [7, 11) is 4.30. The molecule has 1 saturated heterocycles. The van der Waals surface area contributed by atoms with E-state index in [1.165, 1.54) is 19.4 Å². The van der Waals surface area contributed by atoms with Gasteiger partial charge in [-0.1, -0.05) is 13.8 Å². The maximum Gasteiger partial charge on any atom is 0.0510 e. The van der Waals surface area contributed by atoms with Gasteiger partial charge in [0.15, 0.2) is 0 Å². The first-order chi connectivity index (χ1) is 9.17. The van der Waals surface area contributed by atoms with Gasteiger partial charge in [0.2, 0.25) is 0 Å². The third-order valence-corrected chi connectivity index (χ3v) is 3.86. The van der Waals surface area contributed by atoms with Gasteiger partial charge in [-0.25, -0.2) is 0 Å². The zero-order chi connectivity index (χ0) is 14.1. The average molecular weight is 271 g/mol. The third-order valence-electron chi connectivity index (χ3n) is 3.86. The van der Waals surface area contributed by atoms with E-state index in [1.807, 2.05) is 0 Å². The number of rotatable bonds is 10. The minimum absolute atomic E-state index is 0.584. The van der Waals surface area contributed by atoms with Gasteiger partial charge in [0.25, 0.3) is 0 Å². The molecule has 0 bridgehead atoms. The monoisotopic (exact) mass is 271 g/mol. The van der Waals surface area contributed by atoms with Gasteiger partial charge in [-0.15, -0.1) is 0 Å². The predicted molar refractivity (Wildman–Crippen MR) is 81.7 cm³/mol. The van der Waals surface area contributed by atoms with Gasteiger partial charge in [-0.05, 0) is 40.0 Å². The summed E-state index contributed by atoms with van der Waals surface area (Å²) in [6.45, 7) is 12.1. The van der Waals surface area contributed by atoms with Crippen LogP contribution in [0.4, 0.5) is 0 Å². The number of nitrogens with zero attached hydrogens (tertiary/aromatic N) is 2. The SMILES string of the molecule is CCCN(CCN(C)C)CC(NCC)C1CCOC1. The molecular weight excluding hydrogens is 238 g/mol. The Balaban J connectivity index is 2.45. The molecule has 4 heteroatoms. The Morgan fingerprint density at radius 2 is 2.00 bits per heavy atom. The van der Waals surface area contributed by atoms with Crippen molar-refractivity contribution >= 4 is 0 Å². The Bertz CT molecular complexity index is 217. The molecule has 1 aliphatic heterocycles. The Morgan fingerprint density at radius 3 is 2.53 bits per heavy atom. The van der Waals surface area contributed by atoms with Crippen LogP contribution in [0.1, 0.15) is 26.7 Å². The van der Waals surface area contributed by atoms with Crippen LogP contribution in [0.2, 0.25) is 0 Å². The van der Waals surface area contributed by atoms with E-state index in [0.29, 0.717) is 12.0 Å². The molecule has 0 radical (unpaired) electrons. The largest absolute Gasteiger partial charge is 0.381 e. The Labute approximate surface area is 119 Å². The highest BCUT2D eigenvalue weighted by Crippen LogP contribution is 2.17. The minimum atomic E-state index is 0.584. The van der Waals surface area contributed by atoms with Gasteiger partial charge in [0.05, 0.1) is 6.61 Å². The second-order valence-corrected chi connectivity index (χ2v) is 5.89. The molecule has 1 aliphatic rings. The summed E-state index contributed by atoms with van der Waals surface area (Å²) in [5.41, 5.74) is 0. The maximum atomic E-state index is 5.56. The van der Waals surface area contributed by atoms with E-state index in [9.17, 15) is 0 Å². The number of likely N-dealkylation sites (N-methyl/N-ethyl adjacent to an activating group) is 2. The van der Waals surface area contributed by atoms with Crippen molar-refractivity contribution in [3.05, 3.63) is 0 Å². The molecule has 0 saturated carbocycles. The molecule has 19 heavy (non-hydrogen) atoms. The molecule has 1 heterocycles. The van der Waals surface area contributed by atoms with Gasteiger partial charge < -0.3 is 19.9 Å². The summed E-state index contributed by atoms with van der Waals surface area (Å²) >= 11 is 0. The zero-order valence-electron chi connectivity index (χ0n) is 13.3. The highest BCUT2D eigenvalue weighted by atomic mass is 16.5. The third kappa shape index (κ3) is 6.70. The van der Waals surface area contributed by atoms with Crippen molar-refractivity contribution in [1.82, 2.24) is 15.1 Å². The first-order valence-corrected chi connectivity index (χ1v) is 7.85. The molecule has 0 aromatic carbocycles. The molecule has 2 unspecified atom stereocenters. The van der Waals surface area contributed by atoms with Crippen molar-refractivity contribution in [2.45, 2.75) is 32.7 Å². The highest BCUT2D eigenvalue weighted by Gasteiger charge is 2.26. The van der Waals surface area contributed by atoms with E-state index in [-0.39, 0.29) is 0 Å². The lowest BCUT2D eigenvalue weighted by Gasteiger charge is -2.31. The lowest BCUT2D eigenvalue weighted by Crippen LogP contribution is -2.47. The fourth-order valence-electron chi connectivity index (χ4n) is 2.74. The highest BCUT2D eigenvalue weighted by molar-refractivity contribution is 4.82. The summed E-state index contributed by atoms with van der Waals surface area (Å²) in [6, 6.07) is 0.584. The van der Waals surface area contributed by atoms with Gasteiger partial charge in [0, 0.05) is 38.2 Å². The van der Waals surface area contributed by atoms with Crippen LogP contribution in [-0.2, 0) is 4.74 Å². The van der Waals surface area contributed by atoms with Crippen LogP contribution in [0.25, 0.3) is 0 Å². The van der Waals surface area contributed by atoms with E-state index in [0.717, 1.165) is 39.4 Å². The van der Waals surface area contributed by atoms with Crippen LogP contribution in [0.15, 0.2) is 0 Å². The van der Waals surface area contributed by atoms with Crippen molar-refractivity contribution in [1.29, 1.82) is 0 Å². The predicted octanol–water partition coefficient (Wildman–Crippen LogP) is 1.27. The summed E-state index contributed by atoms with van der Waals surface area (Å²) in [4.78, 5) is 4.87.